The Bertz CT molecular complexity index is 748. The number of nitro groups is 1. The molecule has 2 rings (SSSR count). The van der Waals surface area contributed by atoms with Gasteiger partial charge in [-0.05, 0) is 39.7 Å². The minimum atomic E-state index is -0.434. The minimum Gasteiger partial charge on any atom is -0.361 e. The number of aryl methyl sites for hydroxylation is 2. The zero-order valence-corrected chi connectivity index (χ0v) is 14.3. The first-order chi connectivity index (χ1) is 11.3. The van der Waals surface area contributed by atoms with Gasteiger partial charge in [-0.15, -0.1) is 0 Å². The van der Waals surface area contributed by atoms with Crippen LogP contribution in [0.2, 0.25) is 0 Å². The Balaban J connectivity index is 2.01. The highest BCUT2D eigenvalue weighted by Crippen LogP contribution is 2.21. The number of amides is 1. The summed E-state index contributed by atoms with van der Waals surface area (Å²) in [7, 11) is 0. The van der Waals surface area contributed by atoms with Gasteiger partial charge in [-0.25, -0.2) is 0 Å². The fraction of sp³-hybridized carbons (Fsp3) is 0.412. The zero-order valence-electron chi connectivity index (χ0n) is 14.3. The standard InChI is InChI=1S/C17H21N3O4/c1-10(8-15-12(3)19-24-13(15)4)18-17(21)9-14-6-5-7-16(11(14)2)20(22)23/h5-7,10H,8-9H2,1-4H3,(H,18,21)/t10-/m0/s1. The van der Waals surface area contributed by atoms with E-state index in [1.165, 1.54) is 6.07 Å². The Morgan fingerprint density at radius 2 is 2.08 bits per heavy atom. The lowest BCUT2D eigenvalue weighted by atomic mass is 10.0. The van der Waals surface area contributed by atoms with Crippen LogP contribution in [-0.4, -0.2) is 22.0 Å². The number of carbonyl (C=O) groups excluding carboxylic acids is 1. The van der Waals surface area contributed by atoms with Crippen LogP contribution in [0.5, 0.6) is 0 Å². The topological polar surface area (TPSA) is 98.3 Å². The lowest BCUT2D eigenvalue weighted by Crippen LogP contribution is -2.35. The molecule has 0 saturated carbocycles. The van der Waals surface area contributed by atoms with Gasteiger partial charge in [0.2, 0.25) is 5.91 Å². The van der Waals surface area contributed by atoms with Crippen molar-refractivity contribution in [2.75, 3.05) is 0 Å². The average Bonchev–Trinajstić information content (AvgIpc) is 2.80. The first-order valence-corrected chi connectivity index (χ1v) is 7.73. The summed E-state index contributed by atoms with van der Waals surface area (Å²) >= 11 is 0. The molecule has 1 atom stereocenters. The van der Waals surface area contributed by atoms with Gasteiger partial charge in [0.1, 0.15) is 5.76 Å². The number of benzene rings is 1. The maximum Gasteiger partial charge on any atom is 0.272 e. The van der Waals surface area contributed by atoms with Crippen LogP contribution in [0.15, 0.2) is 22.7 Å². The average molecular weight is 331 g/mol. The molecule has 0 fully saturated rings. The summed E-state index contributed by atoms with van der Waals surface area (Å²) in [5.74, 6) is 0.584. The number of hydrogen-bond donors (Lipinski definition) is 1. The van der Waals surface area contributed by atoms with Gasteiger partial charge >= 0.3 is 0 Å². The maximum atomic E-state index is 12.2. The van der Waals surface area contributed by atoms with E-state index in [2.05, 4.69) is 10.5 Å². The predicted octanol–water partition coefficient (Wildman–Crippen LogP) is 2.80. The van der Waals surface area contributed by atoms with Gasteiger partial charge in [-0.2, -0.15) is 0 Å². The summed E-state index contributed by atoms with van der Waals surface area (Å²) in [4.78, 5) is 22.8. The van der Waals surface area contributed by atoms with Gasteiger partial charge in [0, 0.05) is 23.2 Å². The van der Waals surface area contributed by atoms with E-state index >= 15 is 0 Å². The van der Waals surface area contributed by atoms with Gasteiger partial charge in [0.15, 0.2) is 0 Å². The summed E-state index contributed by atoms with van der Waals surface area (Å²) in [6.07, 6.45) is 0.736. The fourth-order valence-corrected chi connectivity index (χ4v) is 2.71. The van der Waals surface area contributed by atoms with Crippen molar-refractivity contribution < 1.29 is 14.2 Å². The van der Waals surface area contributed by atoms with Crippen molar-refractivity contribution in [2.24, 2.45) is 0 Å². The van der Waals surface area contributed by atoms with Gasteiger partial charge < -0.3 is 9.84 Å². The third-order valence-electron chi connectivity index (χ3n) is 4.06. The monoisotopic (exact) mass is 331 g/mol. The molecule has 1 aromatic carbocycles. The summed E-state index contributed by atoms with van der Waals surface area (Å²) in [6.45, 7) is 7.28. The SMILES string of the molecule is Cc1noc(C)c1C[C@H](C)NC(=O)Cc1cccc([N+](=O)[O-])c1C. The first-order valence-electron chi connectivity index (χ1n) is 7.73. The molecule has 0 radical (unpaired) electrons. The van der Waals surface area contributed by atoms with E-state index in [0.29, 0.717) is 17.5 Å². The third kappa shape index (κ3) is 3.98. The molecule has 0 unspecified atom stereocenters. The Morgan fingerprint density at radius 3 is 2.67 bits per heavy atom. The molecule has 1 amide bonds. The molecule has 1 N–H and O–H groups in total. The van der Waals surface area contributed by atoms with Crippen LogP contribution in [0.25, 0.3) is 0 Å². The molecular formula is C17H21N3O4. The lowest BCUT2D eigenvalue weighted by molar-refractivity contribution is -0.385. The van der Waals surface area contributed by atoms with E-state index in [4.69, 9.17) is 4.52 Å². The second kappa shape index (κ2) is 7.25. The molecule has 0 aliphatic rings. The normalized spacial score (nSPS) is 12.0. The highest BCUT2D eigenvalue weighted by molar-refractivity contribution is 5.79. The molecule has 7 heteroatoms. The van der Waals surface area contributed by atoms with Gasteiger partial charge in [0.25, 0.3) is 5.69 Å². The van der Waals surface area contributed by atoms with Crippen LogP contribution in [0.4, 0.5) is 5.69 Å². The van der Waals surface area contributed by atoms with E-state index in [1.54, 1.807) is 19.1 Å². The predicted molar refractivity (Wildman–Crippen MR) is 88.8 cm³/mol. The molecule has 1 aromatic heterocycles. The van der Waals surface area contributed by atoms with Crippen LogP contribution in [0.3, 0.4) is 0 Å². The molecule has 7 nitrogen and oxygen atoms in total. The first kappa shape index (κ1) is 17.7. The molecule has 1 heterocycles. The van der Waals surface area contributed by atoms with E-state index in [0.717, 1.165) is 17.0 Å². The third-order valence-corrected chi connectivity index (χ3v) is 4.06. The number of rotatable bonds is 6. The number of hydrogen-bond acceptors (Lipinski definition) is 5. The molecule has 0 saturated heterocycles. The van der Waals surface area contributed by atoms with Crippen molar-refractivity contribution in [3.63, 3.8) is 0 Å². The van der Waals surface area contributed by atoms with Crippen molar-refractivity contribution in [3.8, 4) is 0 Å². The van der Waals surface area contributed by atoms with Crippen LogP contribution in [0.1, 0.15) is 35.1 Å². The van der Waals surface area contributed by atoms with E-state index in [-0.39, 0.29) is 24.1 Å². The number of nitrogens with one attached hydrogen (secondary N) is 1. The van der Waals surface area contributed by atoms with Gasteiger partial charge in [-0.3, -0.25) is 14.9 Å². The Kier molecular flexibility index (Phi) is 5.33. The zero-order chi connectivity index (χ0) is 17.9. The summed E-state index contributed by atoms with van der Waals surface area (Å²) in [5.41, 5.74) is 3.03. The van der Waals surface area contributed by atoms with Crippen molar-refractivity contribution in [1.82, 2.24) is 10.5 Å². The summed E-state index contributed by atoms with van der Waals surface area (Å²) in [6, 6.07) is 4.69. The molecule has 2 aromatic rings. The van der Waals surface area contributed by atoms with Crippen molar-refractivity contribution in [1.29, 1.82) is 0 Å². The minimum absolute atomic E-state index is 0.0315. The van der Waals surface area contributed by atoms with Crippen molar-refractivity contribution >= 4 is 11.6 Å². The second-order valence-corrected chi connectivity index (χ2v) is 5.97. The largest absolute Gasteiger partial charge is 0.361 e. The van der Waals surface area contributed by atoms with Crippen LogP contribution in [0, 0.1) is 30.9 Å². The van der Waals surface area contributed by atoms with E-state index in [1.807, 2.05) is 20.8 Å². The number of aromatic nitrogens is 1. The second-order valence-electron chi connectivity index (χ2n) is 5.97. The van der Waals surface area contributed by atoms with Gasteiger partial charge in [-0.1, -0.05) is 17.3 Å². The smallest absolute Gasteiger partial charge is 0.272 e. The Hall–Kier alpha value is -2.70. The van der Waals surface area contributed by atoms with Crippen molar-refractivity contribution in [3.05, 3.63) is 56.5 Å². The maximum absolute atomic E-state index is 12.2. The highest BCUT2D eigenvalue weighted by atomic mass is 16.6. The van der Waals surface area contributed by atoms with E-state index < -0.39 is 4.92 Å². The number of carbonyl (C=O) groups is 1. The van der Waals surface area contributed by atoms with Crippen LogP contribution < -0.4 is 5.32 Å². The van der Waals surface area contributed by atoms with E-state index in [9.17, 15) is 14.9 Å². The molecule has 24 heavy (non-hydrogen) atoms. The lowest BCUT2D eigenvalue weighted by Gasteiger charge is -2.14. The fourth-order valence-electron chi connectivity index (χ4n) is 2.71. The van der Waals surface area contributed by atoms with Crippen LogP contribution in [-0.2, 0) is 17.6 Å². The molecule has 0 aliphatic heterocycles. The summed E-state index contributed by atoms with van der Waals surface area (Å²) < 4.78 is 5.12. The molecule has 0 spiro atoms. The summed E-state index contributed by atoms with van der Waals surface area (Å²) in [5, 5.41) is 17.8. The number of nitro benzene ring substituents is 1. The molecule has 128 valence electrons. The quantitative estimate of drug-likeness (QED) is 0.648. The highest BCUT2D eigenvalue weighted by Gasteiger charge is 2.18. The molecular weight excluding hydrogens is 310 g/mol. The Labute approximate surface area is 140 Å². The molecule has 0 bridgehead atoms. The Morgan fingerprint density at radius 1 is 1.38 bits per heavy atom. The van der Waals surface area contributed by atoms with Crippen LogP contribution >= 0.6 is 0 Å². The molecule has 0 aliphatic carbocycles. The van der Waals surface area contributed by atoms with Crippen molar-refractivity contribution in [2.45, 2.75) is 46.6 Å². The number of nitrogens with zero attached hydrogens (tertiary/aromatic N) is 2. The van der Waals surface area contributed by atoms with Gasteiger partial charge in [0.05, 0.1) is 17.0 Å².